The van der Waals surface area contributed by atoms with E-state index in [4.69, 9.17) is 0 Å². The molecule has 0 aliphatic heterocycles. The molecule has 1 heterocycles. The van der Waals surface area contributed by atoms with Gasteiger partial charge in [0.25, 0.3) is 0 Å². The lowest BCUT2D eigenvalue weighted by Crippen LogP contribution is -2.39. The minimum absolute atomic E-state index is 0.168. The second-order valence-corrected chi connectivity index (χ2v) is 7.63. The fourth-order valence-electron chi connectivity index (χ4n) is 2.05. The molecule has 0 atom stereocenters. The van der Waals surface area contributed by atoms with E-state index < -0.39 is 0 Å². The minimum Gasteiger partial charge on any atom is -0.356 e. The topological polar surface area (TPSA) is 49.3 Å². The summed E-state index contributed by atoms with van der Waals surface area (Å²) < 4.78 is 13.5. The molecule has 7 heteroatoms. The largest absolute Gasteiger partial charge is 0.356 e. The maximum atomic E-state index is 13.5. The fraction of sp³-hybridized carbons (Fsp3) is 0.412. The second kappa shape index (κ2) is 9.64. The molecule has 0 radical (unpaired) electrons. The molecule has 0 amide bonds. The van der Waals surface area contributed by atoms with Crippen molar-refractivity contribution in [1.82, 2.24) is 15.6 Å². The van der Waals surface area contributed by atoms with Gasteiger partial charge in [-0.2, -0.15) is 0 Å². The standard InChI is InChI=1S/C17H23FN4S2/c1-12-13(2)24-16(22-12)8-9-20-17(19-3)21-10-11-23-15-7-5-4-6-14(15)18/h4-7H,8-11H2,1-3H3,(H2,19,20,21). The number of halogens is 1. The lowest BCUT2D eigenvalue weighted by atomic mass is 10.3. The van der Waals surface area contributed by atoms with E-state index in [1.807, 2.05) is 13.0 Å². The van der Waals surface area contributed by atoms with Gasteiger partial charge in [-0.15, -0.1) is 23.1 Å². The molecular weight excluding hydrogens is 343 g/mol. The van der Waals surface area contributed by atoms with E-state index in [1.54, 1.807) is 30.5 Å². The summed E-state index contributed by atoms with van der Waals surface area (Å²) in [6, 6.07) is 6.83. The molecule has 130 valence electrons. The van der Waals surface area contributed by atoms with Crippen LogP contribution in [-0.4, -0.2) is 36.8 Å². The maximum absolute atomic E-state index is 13.5. The van der Waals surface area contributed by atoms with Gasteiger partial charge in [-0.3, -0.25) is 4.99 Å². The Morgan fingerprint density at radius 3 is 2.67 bits per heavy atom. The first-order valence-corrected chi connectivity index (χ1v) is 9.65. The number of hydrogen-bond acceptors (Lipinski definition) is 4. The molecule has 4 nitrogen and oxygen atoms in total. The molecule has 0 saturated carbocycles. The van der Waals surface area contributed by atoms with Gasteiger partial charge >= 0.3 is 0 Å². The SMILES string of the molecule is CN=C(NCCSc1ccccc1F)NCCc1nc(C)c(C)s1. The summed E-state index contributed by atoms with van der Waals surface area (Å²) in [5, 5.41) is 7.66. The zero-order chi connectivity index (χ0) is 17.4. The Bertz CT molecular complexity index is 665. The van der Waals surface area contributed by atoms with E-state index in [9.17, 15) is 4.39 Å². The Morgan fingerprint density at radius 2 is 2.00 bits per heavy atom. The number of benzene rings is 1. The first kappa shape index (κ1) is 18.7. The number of rotatable bonds is 7. The summed E-state index contributed by atoms with van der Waals surface area (Å²) in [5.41, 5.74) is 1.11. The highest BCUT2D eigenvalue weighted by Gasteiger charge is 2.04. The van der Waals surface area contributed by atoms with Gasteiger partial charge in [-0.1, -0.05) is 12.1 Å². The van der Waals surface area contributed by atoms with Gasteiger partial charge < -0.3 is 10.6 Å². The molecular formula is C17H23FN4S2. The Hall–Kier alpha value is -1.60. The first-order valence-electron chi connectivity index (χ1n) is 7.85. The highest BCUT2D eigenvalue weighted by Crippen LogP contribution is 2.20. The number of thiazole rings is 1. The van der Waals surface area contributed by atoms with Crippen molar-refractivity contribution in [3.05, 3.63) is 45.7 Å². The summed E-state index contributed by atoms with van der Waals surface area (Å²) in [5.74, 6) is 1.36. The van der Waals surface area contributed by atoms with E-state index in [0.29, 0.717) is 11.4 Å². The summed E-state index contributed by atoms with van der Waals surface area (Å²) in [6.07, 6.45) is 0.879. The zero-order valence-corrected chi connectivity index (χ0v) is 15.9. The van der Waals surface area contributed by atoms with Gasteiger partial charge in [-0.25, -0.2) is 9.37 Å². The van der Waals surface area contributed by atoms with Crippen LogP contribution in [0.4, 0.5) is 4.39 Å². The summed E-state index contributed by atoms with van der Waals surface area (Å²) in [7, 11) is 1.75. The molecule has 2 N–H and O–H groups in total. The van der Waals surface area contributed by atoms with E-state index in [1.165, 1.54) is 22.7 Å². The smallest absolute Gasteiger partial charge is 0.191 e. The fourth-order valence-corrected chi connectivity index (χ4v) is 3.79. The van der Waals surface area contributed by atoms with Crippen LogP contribution in [0.15, 0.2) is 34.2 Å². The normalized spacial score (nSPS) is 11.6. The Morgan fingerprint density at radius 1 is 1.25 bits per heavy atom. The molecule has 0 bridgehead atoms. The third kappa shape index (κ3) is 5.79. The lowest BCUT2D eigenvalue weighted by Gasteiger charge is -2.11. The van der Waals surface area contributed by atoms with Crippen molar-refractivity contribution in [1.29, 1.82) is 0 Å². The van der Waals surface area contributed by atoms with Crippen molar-refractivity contribution in [3.63, 3.8) is 0 Å². The van der Waals surface area contributed by atoms with Gasteiger partial charge in [0.2, 0.25) is 0 Å². The maximum Gasteiger partial charge on any atom is 0.191 e. The molecule has 0 fully saturated rings. The third-order valence-electron chi connectivity index (χ3n) is 3.42. The van der Waals surface area contributed by atoms with Gasteiger partial charge in [0.15, 0.2) is 5.96 Å². The summed E-state index contributed by atoms with van der Waals surface area (Å²) in [4.78, 5) is 10.7. The van der Waals surface area contributed by atoms with E-state index >= 15 is 0 Å². The van der Waals surface area contributed by atoms with Crippen molar-refractivity contribution < 1.29 is 4.39 Å². The minimum atomic E-state index is -0.168. The molecule has 0 aliphatic carbocycles. The van der Waals surface area contributed by atoms with Crippen LogP contribution in [-0.2, 0) is 6.42 Å². The van der Waals surface area contributed by atoms with E-state index in [-0.39, 0.29) is 5.82 Å². The van der Waals surface area contributed by atoms with Crippen LogP contribution in [0.2, 0.25) is 0 Å². The second-order valence-electron chi connectivity index (χ2n) is 5.20. The first-order chi connectivity index (χ1) is 11.6. The molecule has 24 heavy (non-hydrogen) atoms. The van der Waals surface area contributed by atoms with Gasteiger partial charge in [0, 0.05) is 42.1 Å². The van der Waals surface area contributed by atoms with Crippen molar-refractivity contribution in [3.8, 4) is 0 Å². The van der Waals surface area contributed by atoms with Gasteiger partial charge in [0.1, 0.15) is 5.82 Å². The highest BCUT2D eigenvalue weighted by molar-refractivity contribution is 7.99. The predicted octanol–water partition coefficient (Wildman–Crippen LogP) is 3.40. The van der Waals surface area contributed by atoms with E-state index in [0.717, 1.165) is 35.4 Å². The number of guanidine groups is 1. The predicted molar refractivity (Wildman–Crippen MR) is 102 cm³/mol. The molecule has 1 aromatic carbocycles. The van der Waals surface area contributed by atoms with Gasteiger partial charge in [0.05, 0.1) is 10.7 Å². The number of thioether (sulfide) groups is 1. The molecule has 0 unspecified atom stereocenters. The molecule has 1 aromatic heterocycles. The van der Waals surface area contributed by atoms with Crippen LogP contribution >= 0.6 is 23.1 Å². The number of aromatic nitrogens is 1. The van der Waals surface area contributed by atoms with E-state index in [2.05, 4.69) is 27.5 Å². The number of aliphatic imine (C=N–C) groups is 1. The van der Waals surface area contributed by atoms with Crippen molar-refractivity contribution in [2.75, 3.05) is 25.9 Å². The molecule has 0 spiro atoms. The number of nitrogens with one attached hydrogen (secondary N) is 2. The Kier molecular flexibility index (Phi) is 7.52. The van der Waals surface area contributed by atoms with Crippen LogP contribution in [0, 0.1) is 19.7 Å². The molecule has 2 aromatic rings. The Labute approximate surface area is 151 Å². The zero-order valence-electron chi connectivity index (χ0n) is 14.2. The van der Waals surface area contributed by atoms with Crippen LogP contribution < -0.4 is 10.6 Å². The van der Waals surface area contributed by atoms with Crippen LogP contribution in [0.1, 0.15) is 15.6 Å². The summed E-state index contributed by atoms with van der Waals surface area (Å²) >= 11 is 3.24. The highest BCUT2D eigenvalue weighted by atomic mass is 32.2. The molecule has 0 saturated heterocycles. The number of hydrogen-bond donors (Lipinski definition) is 2. The van der Waals surface area contributed by atoms with Crippen LogP contribution in [0.3, 0.4) is 0 Å². The lowest BCUT2D eigenvalue weighted by molar-refractivity contribution is 0.602. The monoisotopic (exact) mass is 366 g/mol. The average molecular weight is 367 g/mol. The number of aryl methyl sites for hydroxylation is 2. The molecule has 0 aliphatic rings. The van der Waals surface area contributed by atoms with Gasteiger partial charge in [-0.05, 0) is 26.0 Å². The Balaban J connectivity index is 1.66. The molecule has 2 rings (SSSR count). The van der Waals surface area contributed by atoms with Crippen molar-refractivity contribution >= 4 is 29.1 Å². The van der Waals surface area contributed by atoms with Crippen molar-refractivity contribution in [2.45, 2.75) is 25.2 Å². The third-order valence-corrected chi connectivity index (χ3v) is 5.60. The summed E-state index contributed by atoms with van der Waals surface area (Å²) in [6.45, 7) is 5.63. The quantitative estimate of drug-likeness (QED) is 0.341. The number of nitrogens with zero attached hydrogens (tertiary/aromatic N) is 2. The van der Waals surface area contributed by atoms with Crippen LogP contribution in [0.25, 0.3) is 0 Å². The van der Waals surface area contributed by atoms with Crippen molar-refractivity contribution in [2.24, 2.45) is 4.99 Å². The van der Waals surface area contributed by atoms with Crippen LogP contribution in [0.5, 0.6) is 0 Å². The average Bonchev–Trinajstić information content (AvgIpc) is 2.89.